The van der Waals surface area contributed by atoms with Crippen LogP contribution in [0.25, 0.3) is 0 Å². The van der Waals surface area contributed by atoms with Crippen LogP contribution < -0.4 is 5.32 Å². The maximum atomic E-state index is 12.2. The first-order valence-corrected chi connectivity index (χ1v) is 8.84. The average molecular weight is 398 g/mol. The van der Waals surface area contributed by atoms with Crippen LogP contribution in [0, 0.1) is 0 Å². The van der Waals surface area contributed by atoms with Crippen LogP contribution in [0.2, 0.25) is 0 Å². The Labute approximate surface area is 151 Å². The number of halogens is 1. The van der Waals surface area contributed by atoms with Crippen LogP contribution in [0.15, 0.2) is 28.7 Å². The van der Waals surface area contributed by atoms with E-state index in [1.807, 2.05) is 31.2 Å². The molecule has 0 unspecified atom stereocenters. The standard InChI is InChI=1S/C17H24BrN3O3/c1-13(14-3-5-15(18)6-4-14)19-16(22)11-20(2)12-17(23)21-7-9-24-10-8-21/h3-6,13H,7-12H2,1-2H3,(H,19,22)/t13-/m1/s1. The van der Waals surface area contributed by atoms with Gasteiger partial charge in [0, 0.05) is 17.6 Å². The highest BCUT2D eigenvalue weighted by atomic mass is 79.9. The molecule has 132 valence electrons. The summed E-state index contributed by atoms with van der Waals surface area (Å²) in [7, 11) is 1.78. The Bertz CT molecular complexity index is 559. The third-order valence-corrected chi connectivity index (χ3v) is 4.46. The highest BCUT2D eigenvalue weighted by Gasteiger charge is 2.19. The van der Waals surface area contributed by atoms with Crippen LogP contribution in [0.5, 0.6) is 0 Å². The van der Waals surface area contributed by atoms with Gasteiger partial charge in [-0.1, -0.05) is 28.1 Å². The van der Waals surface area contributed by atoms with Crippen molar-refractivity contribution in [1.29, 1.82) is 0 Å². The SMILES string of the molecule is C[C@@H](NC(=O)CN(C)CC(=O)N1CCOCC1)c1ccc(Br)cc1. The van der Waals surface area contributed by atoms with Crippen molar-refractivity contribution in [3.8, 4) is 0 Å². The molecular weight excluding hydrogens is 374 g/mol. The summed E-state index contributed by atoms with van der Waals surface area (Å²) >= 11 is 3.40. The van der Waals surface area contributed by atoms with E-state index in [4.69, 9.17) is 4.74 Å². The lowest BCUT2D eigenvalue weighted by molar-refractivity contribution is -0.136. The molecule has 24 heavy (non-hydrogen) atoms. The van der Waals surface area contributed by atoms with Crippen LogP contribution >= 0.6 is 15.9 Å². The third-order valence-electron chi connectivity index (χ3n) is 3.93. The number of carbonyl (C=O) groups excluding carboxylic acids is 2. The molecule has 1 aromatic carbocycles. The highest BCUT2D eigenvalue weighted by Crippen LogP contribution is 2.16. The second kappa shape index (κ2) is 9.15. The van der Waals surface area contributed by atoms with Gasteiger partial charge in [0.1, 0.15) is 0 Å². The molecule has 2 amide bonds. The number of ether oxygens (including phenoxy) is 1. The van der Waals surface area contributed by atoms with Crippen LogP contribution in [-0.2, 0) is 14.3 Å². The predicted molar refractivity (Wildman–Crippen MR) is 95.6 cm³/mol. The molecule has 0 spiro atoms. The number of hydrogen-bond donors (Lipinski definition) is 1. The summed E-state index contributed by atoms with van der Waals surface area (Å²) in [5.74, 6) is -0.0581. The van der Waals surface area contributed by atoms with Gasteiger partial charge in [-0.05, 0) is 31.7 Å². The van der Waals surface area contributed by atoms with Crippen LogP contribution in [-0.4, -0.2) is 68.1 Å². The summed E-state index contributed by atoms with van der Waals surface area (Å²) in [5, 5.41) is 2.96. The van der Waals surface area contributed by atoms with E-state index < -0.39 is 0 Å². The van der Waals surface area contributed by atoms with Gasteiger partial charge >= 0.3 is 0 Å². The lowest BCUT2D eigenvalue weighted by Crippen LogP contribution is -2.46. The summed E-state index contributed by atoms with van der Waals surface area (Å²) in [5.41, 5.74) is 1.04. The van der Waals surface area contributed by atoms with Crippen molar-refractivity contribution in [2.75, 3.05) is 46.4 Å². The minimum atomic E-state index is -0.0947. The number of nitrogens with one attached hydrogen (secondary N) is 1. The Kier molecular flexibility index (Phi) is 7.20. The van der Waals surface area contributed by atoms with E-state index in [-0.39, 0.29) is 30.9 Å². The van der Waals surface area contributed by atoms with Crippen molar-refractivity contribution in [2.24, 2.45) is 0 Å². The quantitative estimate of drug-likeness (QED) is 0.788. The van der Waals surface area contributed by atoms with Gasteiger partial charge in [-0.2, -0.15) is 0 Å². The van der Waals surface area contributed by atoms with Gasteiger partial charge in [-0.25, -0.2) is 0 Å². The molecule has 0 bridgehead atoms. The summed E-state index contributed by atoms with van der Waals surface area (Å²) in [6, 6.07) is 7.77. The number of likely N-dealkylation sites (N-methyl/N-ethyl adjacent to an activating group) is 1. The van der Waals surface area contributed by atoms with Gasteiger partial charge in [-0.3, -0.25) is 14.5 Å². The van der Waals surface area contributed by atoms with E-state index in [0.29, 0.717) is 26.3 Å². The monoisotopic (exact) mass is 397 g/mol. The molecule has 1 atom stereocenters. The molecule has 0 radical (unpaired) electrons. The largest absolute Gasteiger partial charge is 0.378 e. The normalized spacial score (nSPS) is 16.1. The van der Waals surface area contributed by atoms with Crippen molar-refractivity contribution in [1.82, 2.24) is 15.1 Å². The zero-order valence-corrected chi connectivity index (χ0v) is 15.7. The first-order valence-electron chi connectivity index (χ1n) is 8.04. The van der Waals surface area contributed by atoms with Gasteiger partial charge in [0.15, 0.2) is 0 Å². The van der Waals surface area contributed by atoms with E-state index in [1.54, 1.807) is 16.8 Å². The Morgan fingerprint density at radius 1 is 1.25 bits per heavy atom. The maximum absolute atomic E-state index is 12.2. The van der Waals surface area contributed by atoms with Gasteiger partial charge in [0.25, 0.3) is 0 Å². The van der Waals surface area contributed by atoms with Gasteiger partial charge in [0.2, 0.25) is 11.8 Å². The number of nitrogens with zero attached hydrogens (tertiary/aromatic N) is 2. The zero-order valence-electron chi connectivity index (χ0n) is 14.1. The van der Waals surface area contributed by atoms with Crippen molar-refractivity contribution in [2.45, 2.75) is 13.0 Å². The lowest BCUT2D eigenvalue weighted by atomic mass is 10.1. The molecular formula is C17H24BrN3O3. The molecule has 2 rings (SSSR count). The Morgan fingerprint density at radius 3 is 2.50 bits per heavy atom. The molecule has 0 saturated carbocycles. The fourth-order valence-corrected chi connectivity index (χ4v) is 2.83. The van der Waals surface area contributed by atoms with Gasteiger partial charge < -0.3 is 15.0 Å². The number of carbonyl (C=O) groups is 2. The van der Waals surface area contributed by atoms with E-state index in [9.17, 15) is 9.59 Å². The molecule has 7 heteroatoms. The predicted octanol–water partition coefficient (Wildman–Crippen LogP) is 1.42. The third kappa shape index (κ3) is 5.89. The van der Waals surface area contributed by atoms with Crippen molar-refractivity contribution in [3.63, 3.8) is 0 Å². The van der Waals surface area contributed by atoms with Crippen molar-refractivity contribution in [3.05, 3.63) is 34.3 Å². The Hall–Kier alpha value is -1.44. The topological polar surface area (TPSA) is 61.9 Å². The van der Waals surface area contributed by atoms with E-state index in [2.05, 4.69) is 21.2 Å². The maximum Gasteiger partial charge on any atom is 0.236 e. The van der Waals surface area contributed by atoms with Crippen LogP contribution in [0.1, 0.15) is 18.5 Å². The van der Waals surface area contributed by atoms with E-state index in [0.717, 1.165) is 10.0 Å². The molecule has 1 saturated heterocycles. The fraction of sp³-hybridized carbons (Fsp3) is 0.529. The number of morpholine rings is 1. The average Bonchev–Trinajstić information content (AvgIpc) is 2.55. The van der Waals surface area contributed by atoms with Crippen LogP contribution in [0.3, 0.4) is 0 Å². The number of rotatable bonds is 6. The van der Waals surface area contributed by atoms with Gasteiger partial charge in [-0.15, -0.1) is 0 Å². The van der Waals surface area contributed by atoms with Crippen molar-refractivity contribution >= 4 is 27.7 Å². The fourth-order valence-electron chi connectivity index (χ4n) is 2.57. The van der Waals surface area contributed by atoms with E-state index in [1.165, 1.54) is 0 Å². The van der Waals surface area contributed by atoms with Crippen LogP contribution in [0.4, 0.5) is 0 Å². The molecule has 1 aliphatic rings. The molecule has 1 heterocycles. The summed E-state index contributed by atoms with van der Waals surface area (Å²) in [4.78, 5) is 27.8. The van der Waals surface area contributed by atoms with E-state index >= 15 is 0 Å². The first kappa shape index (κ1) is 18.9. The summed E-state index contributed by atoms with van der Waals surface area (Å²) in [6.07, 6.45) is 0. The number of hydrogen-bond acceptors (Lipinski definition) is 4. The molecule has 0 aromatic heterocycles. The number of benzene rings is 1. The zero-order chi connectivity index (χ0) is 17.5. The Balaban J connectivity index is 1.76. The smallest absolute Gasteiger partial charge is 0.236 e. The van der Waals surface area contributed by atoms with Crippen molar-refractivity contribution < 1.29 is 14.3 Å². The first-order chi connectivity index (χ1) is 11.5. The minimum absolute atomic E-state index is 0.0366. The Morgan fingerprint density at radius 2 is 1.88 bits per heavy atom. The highest BCUT2D eigenvalue weighted by molar-refractivity contribution is 9.10. The minimum Gasteiger partial charge on any atom is -0.378 e. The molecule has 1 N–H and O–H groups in total. The van der Waals surface area contributed by atoms with Gasteiger partial charge in [0.05, 0.1) is 32.3 Å². The number of amides is 2. The second-order valence-corrected chi connectivity index (χ2v) is 6.92. The molecule has 1 fully saturated rings. The summed E-state index contributed by atoms with van der Waals surface area (Å²) < 4.78 is 6.24. The molecule has 6 nitrogen and oxygen atoms in total. The molecule has 1 aliphatic heterocycles. The molecule has 1 aromatic rings. The second-order valence-electron chi connectivity index (χ2n) is 6.01. The lowest BCUT2D eigenvalue weighted by Gasteiger charge is -2.28. The molecule has 0 aliphatic carbocycles. The summed E-state index contributed by atoms with van der Waals surface area (Å²) in [6.45, 7) is 4.79.